The van der Waals surface area contributed by atoms with Crippen LogP contribution in [0.25, 0.3) is 0 Å². The monoisotopic (exact) mass is 365 g/mol. The van der Waals surface area contributed by atoms with Gasteiger partial charge in [-0.2, -0.15) is 5.10 Å². The molecule has 1 aliphatic heterocycles. The molecule has 2 heterocycles. The quantitative estimate of drug-likeness (QED) is 0.709. The highest BCUT2D eigenvalue weighted by Gasteiger charge is 2.41. The van der Waals surface area contributed by atoms with E-state index in [0.29, 0.717) is 18.9 Å². The highest BCUT2D eigenvalue weighted by Crippen LogP contribution is 2.37. The van der Waals surface area contributed by atoms with Crippen molar-refractivity contribution in [3.8, 4) is 11.5 Å². The molecule has 4 rings (SSSR count). The molecular weight excluding hydrogens is 342 g/mol. The summed E-state index contributed by atoms with van der Waals surface area (Å²) in [6, 6.07) is 17.6. The zero-order valence-corrected chi connectivity index (χ0v) is 15.3. The molecule has 2 unspecified atom stereocenters. The largest absolute Gasteiger partial charge is 0.457 e. The van der Waals surface area contributed by atoms with E-state index in [-0.39, 0.29) is 6.10 Å². The summed E-state index contributed by atoms with van der Waals surface area (Å²) in [5.74, 6) is 1.35. The van der Waals surface area contributed by atoms with Gasteiger partial charge >= 0.3 is 0 Å². The number of benzene rings is 2. The molecule has 1 fully saturated rings. The van der Waals surface area contributed by atoms with Crippen LogP contribution in [0.15, 0.2) is 60.9 Å². The molecule has 2 atom stereocenters. The number of H-pyrrole nitrogens is 1. The Hall–Kier alpha value is -2.70. The molecule has 140 valence electrons. The molecule has 0 radical (unpaired) electrons. The van der Waals surface area contributed by atoms with Gasteiger partial charge in [-0.25, -0.2) is 4.98 Å². The summed E-state index contributed by atoms with van der Waals surface area (Å²) in [5, 5.41) is 6.94. The third-order valence-corrected chi connectivity index (χ3v) is 4.72. The maximum Gasteiger partial charge on any atom is 0.202 e. The molecule has 6 nitrogen and oxygen atoms in total. The van der Waals surface area contributed by atoms with Crippen molar-refractivity contribution in [2.24, 2.45) is 0 Å². The van der Waals surface area contributed by atoms with Crippen LogP contribution < -0.4 is 4.74 Å². The van der Waals surface area contributed by atoms with Crippen molar-refractivity contribution in [3.63, 3.8) is 0 Å². The topological polar surface area (TPSA) is 69.3 Å². The minimum atomic E-state index is -0.883. The van der Waals surface area contributed by atoms with Gasteiger partial charge < -0.3 is 14.2 Å². The third kappa shape index (κ3) is 4.02. The van der Waals surface area contributed by atoms with Crippen molar-refractivity contribution in [2.75, 3.05) is 6.61 Å². The molecule has 1 aliphatic rings. The molecule has 0 bridgehead atoms. The maximum absolute atomic E-state index is 6.38. The molecule has 6 heteroatoms. The number of aromatic nitrogens is 3. The second kappa shape index (κ2) is 7.90. The van der Waals surface area contributed by atoms with Gasteiger partial charge in [0.1, 0.15) is 17.8 Å². The van der Waals surface area contributed by atoms with Gasteiger partial charge in [0.2, 0.25) is 5.79 Å². The Labute approximate surface area is 158 Å². The van der Waals surface area contributed by atoms with Gasteiger partial charge in [-0.05, 0) is 49.2 Å². The molecule has 1 aromatic heterocycles. The number of aromatic amines is 1. The second-order valence-electron chi connectivity index (χ2n) is 6.57. The van der Waals surface area contributed by atoms with Gasteiger partial charge in [0.25, 0.3) is 0 Å². The fourth-order valence-electron chi connectivity index (χ4n) is 3.28. The van der Waals surface area contributed by atoms with E-state index in [2.05, 4.69) is 22.1 Å². The van der Waals surface area contributed by atoms with Crippen LogP contribution in [-0.2, 0) is 21.7 Å². The average Bonchev–Trinajstić information content (AvgIpc) is 3.22. The first-order valence-electron chi connectivity index (χ1n) is 9.27. The van der Waals surface area contributed by atoms with Gasteiger partial charge in [-0.3, -0.25) is 5.10 Å². The summed E-state index contributed by atoms with van der Waals surface area (Å²) in [5.41, 5.74) is 0.936. The third-order valence-electron chi connectivity index (χ3n) is 4.72. The molecule has 0 aliphatic carbocycles. The number of ether oxygens (including phenoxy) is 3. The van der Waals surface area contributed by atoms with E-state index in [4.69, 9.17) is 14.2 Å². The zero-order valence-electron chi connectivity index (χ0n) is 15.3. The fourth-order valence-corrected chi connectivity index (χ4v) is 3.28. The number of hydrogen-bond donors (Lipinski definition) is 1. The summed E-state index contributed by atoms with van der Waals surface area (Å²) >= 11 is 0. The van der Waals surface area contributed by atoms with Crippen LogP contribution in [0.3, 0.4) is 0 Å². The Morgan fingerprint density at radius 2 is 1.89 bits per heavy atom. The van der Waals surface area contributed by atoms with Crippen LogP contribution in [-0.4, -0.2) is 27.9 Å². The van der Waals surface area contributed by atoms with Crippen molar-refractivity contribution in [1.82, 2.24) is 15.2 Å². The van der Waals surface area contributed by atoms with Gasteiger partial charge in [0.15, 0.2) is 5.82 Å². The van der Waals surface area contributed by atoms with E-state index in [0.717, 1.165) is 29.9 Å². The average molecular weight is 365 g/mol. The number of hydrogen-bond acceptors (Lipinski definition) is 5. The van der Waals surface area contributed by atoms with E-state index in [1.54, 1.807) is 6.33 Å². The molecule has 0 amide bonds. The normalized spacial score (nSPS) is 22.5. The first-order chi connectivity index (χ1) is 13.3. The Morgan fingerprint density at radius 3 is 2.59 bits per heavy atom. The van der Waals surface area contributed by atoms with Crippen LogP contribution in [0.1, 0.15) is 31.2 Å². The molecule has 2 aromatic carbocycles. The Kier molecular flexibility index (Phi) is 5.18. The lowest BCUT2D eigenvalue weighted by atomic mass is 9.99. The molecular formula is C21H23N3O3. The van der Waals surface area contributed by atoms with E-state index >= 15 is 0 Å². The Balaban J connectivity index is 1.59. The van der Waals surface area contributed by atoms with E-state index in [9.17, 15) is 0 Å². The number of nitrogens with zero attached hydrogens (tertiary/aromatic N) is 2. The van der Waals surface area contributed by atoms with Crippen LogP contribution in [0, 0.1) is 0 Å². The molecule has 1 N–H and O–H groups in total. The standard InChI is InChI=1S/C21H23N3O3/c1-2-17-12-13-25-21(27-17,14-20-22-15-23-24-20)16-8-10-19(11-9-16)26-18-6-4-3-5-7-18/h3-11,15,17H,2,12-14H2,1H3,(H,22,23,24). The summed E-state index contributed by atoms with van der Waals surface area (Å²) < 4.78 is 18.4. The van der Waals surface area contributed by atoms with Crippen molar-refractivity contribution in [2.45, 2.75) is 38.1 Å². The summed E-state index contributed by atoms with van der Waals surface area (Å²) in [6.07, 6.45) is 4.00. The van der Waals surface area contributed by atoms with Crippen molar-refractivity contribution >= 4 is 0 Å². The highest BCUT2D eigenvalue weighted by atomic mass is 16.7. The first-order valence-corrected chi connectivity index (χ1v) is 9.27. The predicted molar refractivity (Wildman–Crippen MR) is 100 cm³/mol. The fraction of sp³-hybridized carbons (Fsp3) is 0.333. The van der Waals surface area contributed by atoms with E-state index in [1.165, 1.54) is 0 Å². The minimum absolute atomic E-state index is 0.151. The lowest BCUT2D eigenvalue weighted by Crippen LogP contribution is -2.44. The molecule has 0 saturated carbocycles. The highest BCUT2D eigenvalue weighted by molar-refractivity contribution is 5.34. The zero-order chi connectivity index (χ0) is 18.5. The SMILES string of the molecule is CCC1CCOC(Cc2nc[nH]n2)(c2ccc(Oc3ccccc3)cc2)O1. The van der Waals surface area contributed by atoms with Crippen LogP contribution >= 0.6 is 0 Å². The maximum atomic E-state index is 6.38. The first kappa shape index (κ1) is 17.7. The van der Waals surface area contributed by atoms with Crippen LogP contribution in [0.4, 0.5) is 0 Å². The molecule has 1 saturated heterocycles. The number of rotatable bonds is 6. The smallest absolute Gasteiger partial charge is 0.202 e. The lowest BCUT2D eigenvalue weighted by Gasteiger charge is -2.41. The number of nitrogens with one attached hydrogen (secondary N) is 1. The van der Waals surface area contributed by atoms with Crippen LogP contribution in [0.5, 0.6) is 11.5 Å². The predicted octanol–water partition coefficient (Wildman–Crippen LogP) is 4.21. The van der Waals surface area contributed by atoms with Crippen LogP contribution in [0.2, 0.25) is 0 Å². The molecule has 27 heavy (non-hydrogen) atoms. The van der Waals surface area contributed by atoms with Gasteiger partial charge in [-0.1, -0.05) is 25.1 Å². The Morgan fingerprint density at radius 1 is 1.11 bits per heavy atom. The van der Waals surface area contributed by atoms with Crippen molar-refractivity contribution in [1.29, 1.82) is 0 Å². The second-order valence-corrected chi connectivity index (χ2v) is 6.57. The minimum Gasteiger partial charge on any atom is -0.457 e. The van der Waals surface area contributed by atoms with Gasteiger partial charge in [0, 0.05) is 5.56 Å². The Bertz CT molecular complexity index is 837. The van der Waals surface area contributed by atoms with Gasteiger partial charge in [0.05, 0.1) is 19.1 Å². The summed E-state index contributed by atoms with van der Waals surface area (Å²) in [6.45, 7) is 2.77. The van der Waals surface area contributed by atoms with E-state index < -0.39 is 5.79 Å². The lowest BCUT2D eigenvalue weighted by molar-refractivity contribution is -0.303. The summed E-state index contributed by atoms with van der Waals surface area (Å²) in [4.78, 5) is 4.25. The van der Waals surface area contributed by atoms with E-state index in [1.807, 2.05) is 54.6 Å². The molecule has 0 spiro atoms. The van der Waals surface area contributed by atoms with Crippen molar-refractivity contribution < 1.29 is 14.2 Å². The van der Waals surface area contributed by atoms with Crippen molar-refractivity contribution in [3.05, 3.63) is 72.3 Å². The molecule has 3 aromatic rings. The van der Waals surface area contributed by atoms with Gasteiger partial charge in [-0.15, -0.1) is 0 Å². The number of para-hydroxylation sites is 1. The summed E-state index contributed by atoms with van der Waals surface area (Å²) in [7, 11) is 0.